The van der Waals surface area contributed by atoms with Crippen molar-refractivity contribution in [3.63, 3.8) is 0 Å². The number of nitriles is 1. The van der Waals surface area contributed by atoms with E-state index in [1.54, 1.807) is 9.58 Å². The van der Waals surface area contributed by atoms with Crippen LogP contribution >= 0.6 is 0 Å². The third-order valence-electron chi connectivity index (χ3n) is 6.31. The average molecular weight is 423 g/mol. The van der Waals surface area contributed by atoms with Gasteiger partial charge in [-0.3, -0.25) is 9.69 Å². The van der Waals surface area contributed by atoms with Crippen LogP contribution in [0.4, 0.5) is 5.82 Å². The molecule has 9 nitrogen and oxygen atoms in total. The number of hydrogen-bond acceptors (Lipinski definition) is 7. The molecule has 2 aliphatic heterocycles. The zero-order chi connectivity index (χ0) is 22.0. The number of likely N-dealkylation sites (N-methyl/N-ethyl adjacent to an activating group) is 1. The van der Waals surface area contributed by atoms with Crippen molar-refractivity contribution in [3.05, 3.63) is 35.4 Å². The third-order valence-corrected chi connectivity index (χ3v) is 6.31. The van der Waals surface area contributed by atoms with Crippen molar-refractivity contribution < 1.29 is 4.79 Å². The largest absolute Gasteiger partial charge is 0.383 e. The number of likely N-dealkylation sites (tertiary alicyclic amines) is 1. The summed E-state index contributed by atoms with van der Waals surface area (Å²) in [7, 11) is 2.15. The molecule has 1 atom stereocenters. The summed E-state index contributed by atoms with van der Waals surface area (Å²) >= 11 is 0. The van der Waals surface area contributed by atoms with Gasteiger partial charge in [0.1, 0.15) is 17.1 Å². The second-order valence-electron chi connectivity index (χ2n) is 8.54. The van der Waals surface area contributed by atoms with Crippen LogP contribution in [0.2, 0.25) is 0 Å². The van der Waals surface area contributed by atoms with Gasteiger partial charge in [0, 0.05) is 44.8 Å². The van der Waals surface area contributed by atoms with Gasteiger partial charge in [-0.25, -0.2) is 4.68 Å². The Morgan fingerprint density at radius 1 is 1.19 bits per heavy atom. The van der Waals surface area contributed by atoms with Crippen LogP contribution in [0.3, 0.4) is 0 Å². The van der Waals surface area contributed by atoms with Crippen LogP contribution in [0.15, 0.2) is 24.3 Å². The molecule has 1 unspecified atom stereocenters. The van der Waals surface area contributed by atoms with Gasteiger partial charge >= 0.3 is 0 Å². The number of hydrogen-bond donors (Lipinski definition) is 2. The van der Waals surface area contributed by atoms with E-state index in [9.17, 15) is 10.1 Å². The number of aromatic nitrogens is 2. The molecule has 1 aromatic carbocycles. The molecule has 9 heteroatoms. The number of carbonyl (C=O) groups is 1. The molecule has 3 heterocycles. The van der Waals surface area contributed by atoms with E-state index >= 15 is 0 Å². The van der Waals surface area contributed by atoms with Gasteiger partial charge in [0.05, 0.1) is 12.6 Å². The van der Waals surface area contributed by atoms with Crippen molar-refractivity contribution in [2.75, 3.05) is 52.0 Å². The molecule has 4 N–H and O–H groups in total. The molecule has 4 rings (SSSR count). The number of carbonyl (C=O) groups excluding carboxylic acids is 1. The number of benzene rings is 1. The molecule has 0 radical (unpaired) electrons. The molecule has 0 bridgehead atoms. The van der Waals surface area contributed by atoms with E-state index in [2.05, 4.69) is 40.3 Å². The molecule has 1 amide bonds. The fourth-order valence-corrected chi connectivity index (χ4v) is 4.45. The SMILES string of the molecule is CN1CCN(Cc2ccc(-c3nn(C4CCCN(C#N)C4)c(N)c3C(N)=O)cc2)CC1. The number of amides is 1. The van der Waals surface area contributed by atoms with E-state index in [-0.39, 0.29) is 17.4 Å². The third kappa shape index (κ3) is 4.50. The molecular formula is C22H30N8O. The molecule has 2 aliphatic rings. The van der Waals surface area contributed by atoms with E-state index < -0.39 is 5.91 Å². The number of nitrogens with two attached hydrogens (primary N) is 2. The lowest BCUT2D eigenvalue weighted by atomic mass is 10.0. The maximum atomic E-state index is 12.2. The maximum absolute atomic E-state index is 12.2. The van der Waals surface area contributed by atoms with Crippen LogP contribution in [0.25, 0.3) is 11.3 Å². The van der Waals surface area contributed by atoms with Crippen LogP contribution in [-0.4, -0.2) is 76.7 Å². The Kier molecular flexibility index (Phi) is 6.11. The minimum absolute atomic E-state index is 0.0586. The second kappa shape index (κ2) is 8.96. The Morgan fingerprint density at radius 2 is 1.90 bits per heavy atom. The first-order chi connectivity index (χ1) is 15.0. The topological polar surface area (TPSA) is 120 Å². The van der Waals surface area contributed by atoms with Gasteiger partial charge < -0.3 is 21.3 Å². The number of piperazine rings is 1. The van der Waals surface area contributed by atoms with Crippen LogP contribution < -0.4 is 11.5 Å². The van der Waals surface area contributed by atoms with Crippen molar-refractivity contribution in [1.82, 2.24) is 24.5 Å². The van der Waals surface area contributed by atoms with Gasteiger partial charge in [-0.1, -0.05) is 24.3 Å². The first kappa shape index (κ1) is 21.2. The molecule has 0 saturated carbocycles. The zero-order valence-electron chi connectivity index (χ0n) is 18.0. The number of nitrogens with zero attached hydrogens (tertiary/aromatic N) is 6. The van der Waals surface area contributed by atoms with Gasteiger partial charge in [0.2, 0.25) is 0 Å². The summed E-state index contributed by atoms with van der Waals surface area (Å²) in [6.45, 7) is 6.46. The van der Waals surface area contributed by atoms with Crippen molar-refractivity contribution in [1.29, 1.82) is 5.26 Å². The van der Waals surface area contributed by atoms with Gasteiger partial charge in [0.25, 0.3) is 5.91 Å². The summed E-state index contributed by atoms with van der Waals surface area (Å²) < 4.78 is 1.68. The molecular weight excluding hydrogens is 392 g/mol. The standard InChI is InChI=1S/C22H30N8O/c1-27-9-11-28(12-10-27)13-16-4-6-17(7-5-16)20-19(22(25)31)21(24)30(26-20)18-3-2-8-29(14-18)15-23/h4-7,18H,2-3,8-14,24H2,1H3,(H2,25,31). The van der Waals surface area contributed by atoms with Gasteiger partial charge in [-0.05, 0) is 25.5 Å². The lowest BCUT2D eigenvalue weighted by Gasteiger charge is -2.32. The predicted molar refractivity (Wildman–Crippen MR) is 119 cm³/mol. The maximum Gasteiger partial charge on any atom is 0.254 e. The van der Waals surface area contributed by atoms with Crippen molar-refractivity contribution in [2.24, 2.45) is 5.73 Å². The molecule has 1 aromatic heterocycles. The first-order valence-electron chi connectivity index (χ1n) is 10.8. The Labute approximate surface area is 182 Å². The van der Waals surface area contributed by atoms with Gasteiger partial charge in [0.15, 0.2) is 6.19 Å². The smallest absolute Gasteiger partial charge is 0.254 e. The lowest BCUT2D eigenvalue weighted by molar-refractivity contribution is 0.100. The van der Waals surface area contributed by atoms with Gasteiger partial charge in [-0.2, -0.15) is 10.4 Å². The Morgan fingerprint density at radius 3 is 2.55 bits per heavy atom. The fourth-order valence-electron chi connectivity index (χ4n) is 4.45. The highest BCUT2D eigenvalue weighted by Gasteiger charge is 2.28. The number of anilines is 1. The minimum Gasteiger partial charge on any atom is -0.383 e. The molecule has 0 aliphatic carbocycles. The summed E-state index contributed by atoms with van der Waals surface area (Å²) in [4.78, 5) is 18.7. The quantitative estimate of drug-likeness (QED) is 0.692. The summed E-state index contributed by atoms with van der Waals surface area (Å²) in [5.74, 6) is -0.318. The fraction of sp³-hybridized carbons (Fsp3) is 0.500. The highest BCUT2D eigenvalue weighted by Crippen LogP contribution is 2.32. The molecule has 2 fully saturated rings. The number of rotatable bonds is 5. The highest BCUT2D eigenvalue weighted by molar-refractivity contribution is 6.03. The summed E-state index contributed by atoms with van der Waals surface area (Å²) in [6.07, 6.45) is 3.92. The summed E-state index contributed by atoms with van der Waals surface area (Å²) in [5.41, 5.74) is 14.8. The summed E-state index contributed by atoms with van der Waals surface area (Å²) in [6, 6.07) is 8.05. The second-order valence-corrected chi connectivity index (χ2v) is 8.54. The molecule has 2 aromatic rings. The lowest BCUT2D eigenvalue weighted by Crippen LogP contribution is -2.43. The monoisotopic (exact) mass is 422 g/mol. The van der Waals surface area contributed by atoms with E-state index in [1.807, 2.05) is 12.1 Å². The van der Waals surface area contributed by atoms with Crippen LogP contribution in [0.5, 0.6) is 0 Å². The van der Waals surface area contributed by atoms with Crippen molar-refractivity contribution in [2.45, 2.75) is 25.4 Å². The molecule has 2 saturated heterocycles. The molecule has 164 valence electrons. The minimum atomic E-state index is -0.590. The Hall–Kier alpha value is -3.09. The van der Waals surface area contributed by atoms with Crippen LogP contribution in [-0.2, 0) is 6.54 Å². The zero-order valence-corrected chi connectivity index (χ0v) is 18.0. The normalized spacial score (nSPS) is 20.5. The van der Waals surface area contributed by atoms with Crippen molar-refractivity contribution in [3.8, 4) is 17.5 Å². The Balaban J connectivity index is 1.57. The highest BCUT2D eigenvalue weighted by atomic mass is 16.1. The molecule has 31 heavy (non-hydrogen) atoms. The van der Waals surface area contributed by atoms with Crippen LogP contribution in [0.1, 0.15) is 34.8 Å². The summed E-state index contributed by atoms with van der Waals surface area (Å²) in [5, 5.41) is 13.9. The van der Waals surface area contributed by atoms with E-state index in [0.717, 1.165) is 57.7 Å². The van der Waals surface area contributed by atoms with Crippen LogP contribution in [0, 0.1) is 11.5 Å². The van der Waals surface area contributed by atoms with E-state index in [1.165, 1.54) is 5.56 Å². The number of primary amides is 1. The number of nitrogen functional groups attached to an aromatic ring is 1. The first-order valence-corrected chi connectivity index (χ1v) is 10.8. The van der Waals surface area contributed by atoms with E-state index in [4.69, 9.17) is 11.5 Å². The molecule has 0 spiro atoms. The van der Waals surface area contributed by atoms with E-state index in [0.29, 0.717) is 12.2 Å². The van der Waals surface area contributed by atoms with Gasteiger partial charge in [-0.15, -0.1) is 0 Å². The van der Waals surface area contributed by atoms with Crippen molar-refractivity contribution >= 4 is 11.7 Å². The average Bonchev–Trinajstić information content (AvgIpc) is 3.13. The predicted octanol–water partition coefficient (Wildman–Crippen LogP) is 1.10. The Bertz CT molecular complexity index is 969. The number of piperidine rings is 1.